The van der Waals surface area contributed by atoms with Crippen LogP contribution in [0.15, 0.2) is 35.5 Å². The van der Waals surface area contributed by atoms with E-state index in [-0.39, 0.29) is 35.6 Å². The summed E-state index contributed by atoms with van der Waals surface area (Å²) in [6, 6.07) is -0.0402. The predicted molar refractivity (Wildman–Crippen MR) is 117 cm³/mol. The third kappa shape index (κ3) is 4.27. The maximum absolute atomic E-state index is 13.5. The van der Waals surface area contributed by atoms with Crippen LogP contribution in [0.2, 0.25) is 0 Å². The Morgan fingerprint density at radius 2 is 1.93 bits per heavy atom. The Morgan fingerprint density at radius 1 is 1.23 bits per heavy atom. The number of carbonyl (C=O) groups excluding carboxylic acids is 2. The molecular formula is C25H37NO4. The minimum absolute atomic E-state index is 0.0402. The van der Waals surface area contributed by atoms with Gasteiger partial charge in [-0.1, -0.05) is 51.0 Å². The smallest absolute Gasteiger partial charge is 0.331 e. The molecule has 30 heavy (non-hydrogen) atoms. The van der Waals surface area contributed by atoms with Crippen LogP contribution in [0.4, 0.5) is 0 Å². The molecule has 2 N–H and O–H groups in total. The molecule has 5 heteroatoms. The van der Waals surface area contributed by atoms with Crippen molar-refractivity contribution in [2.75, 3.05) is 0 Å². The molecule has 5 nitrogen and oxygen atoms in total. The normalized spacial score (nSPS) is 39.7. The Labute approximate surface area is 180 Å². The standard InChI is InChI=1S/C25H37NO4/c1-14(2)9-21-23-18(6)17(5)13-19-11-15(3)10-16(4)12-20(27)7-8-22(28)30-25(19,23)24(29)26-21/h7-8,11,13-14,16,18-21,23,27H,9-10,12H2,1-6H3,(H,26,29)/t16-,18+,19-,20+,21-,23-,25+/m0/s1. The summed E-state index contributed by atoms with van der Waals surface area (Å²) >= 11 is 0. The van der Waals surface area contributed by atoms with Gasteiger partial charge in [0.15, 0.2) is 0 Å². The van der Waals surface area contributed by atoms with Crippen LogP contribution in [0.5, 0.6) is 0 Å². The fourth-order valence-electron chi connectivity index (χ4n) is 5.71. The summed E-state index contributed by atoms with van der Waals surface area (Å²) in [5.41, 5.74) is 1.13. The van der Waals surface area contributed by atoms with Crippen molar-refractivity contribution in [2.24, 2.45) is 29.6 Å². The topological polar surface area (TPSA) is 75.6 Å². The molecule has 2 heterocycles. The Morgan fingerprint density at radius 3 is 2.60 bits per heavy atom. The van der Waals surface area contributed by atoms with Crippen molar-refractivity contribution >= 4 is 11.9 Å². The van der Waals surface area contributed by atoms with Gasteiger partial charge in [0, 0.05) is 24.0 Å². The number of ether oxygens (including phenoxy) is 1. The lowest BCUT2D eigenvalue weighted by Gasteiger charge is -2.45. The molecule has 3 aliphatic rings. The fraction of sp³-hybridized carbons (Fsp3) is 0.680. The first-order chi connectivity index (χ1) is 14.0. The van der Waals surface area contributed by atoms with E-state index in [9.17, 15) is 14.7 Å². The molecule has 1 amide bonds. The lowest BCUT2D eigenvalue weighted by Crippen LogP contribution is -2.56. The quantitative estimate of drug-likeness (QED) is 0.529. The van der Waals surface area contributed by atoms with Gasteiger partial charge in [-0.25, -0.2) is 4.79 Å². The predicted octanol–water partition coefficient (Wildman–Crippen LogP) is 3.93. The average molecular weight is 416 g/mol. The van der Waals surface area contributed by atoms with Crippen LogP contribution in [0.25, 0.3) is 0 Å². The lowest BCUT2D eigenvalue weighted by atomic mass is 9.63. The maximum Gasteiger partial charge on any atom is 0.331 e. The number of aliphatic hydroxyl groups excluding tert-OH is 1. The fourth-order valence-corrected chi connectivity index (χ4v) is 5.71. The van der Waals surface area contributed by atoms with E-state index < -0.39 is 17.7 Å². The van der Waals surface area contributed by atoms with Crippen LogP contribution >= 0.6 is 0 Å². The van der Waals surface area contributed by atoms with E-state index in [4.69, 9.17) is 4.74 Å². The van der Waals surface area contributed by atoms with E-state index in [0.717, 1.165) is 18.4 Å². The van der Waals surface area contributed by atoms with Crippen molar-refractivity contribution in [3.8, 4) is 0 Å². The minimum atomic E-state index is -1.26. The van der Waals surface area contributed by atoms with Crippen LogP contribution in [0.3, 0.4) is 0 Å². The van der Waals surface area contributed by atoms with Gasteiger partial charge >= 0.3 is 5.97 Å². The van der Waals surface area contributed by atoms with Gasteiger partial charge in [-0.15, -0.1) is 0 Å². The number of amides is 1. The number of rotatable bonds is 2. The van der Waals surface area contributed by atoms with Crippen molar-refractivity contribution in [2.45, 2.75) is 78.6 Å². The summed E-state index contributed by atoms with van der Waals surface area (Å²) in [6.07, 6.45) is 8.55. The molecule has 1 spiro atoms. The molecule has 1 aliphatic carbocycles. The molecule has 0 aromatic carbocycles. The van der Waals surface area contributed by atoms with Gasteiger partial charge in [0.25, 0.3) is 5.91 Å². The second-order valence-electron chi connectivity index (χ2n) is 10.2. The average Bonchev–Trinajstić information content (AvgIpc) is 2.88. The van der Waals surface area contributed by atoms with Crippen LogP contribution in [0.1, 0.15) is 60.8 Å². The number of allylic oxidation sites excluding steroid dienone is 2. The number of carbonyl (C=O) groups is 2. The zero-order valence-corrected chi connectivity index (χ0v) is 19.1. The molecule has 1 fully saturated rings. The summed E-state index contributed by atoms with van der Waals surface area (Å²) in [5.74, 6) is -0.399. The van der Waals surface area contributed by atoms with Gasteiger partial charge in [0.05, 0.1) is 6.10 Å². The third-order valence-corrected chi connectivity index (χ3v) is 7.02. The molecule has 0 aromatic heterocycles. The molecule has 0 saturated carbocycles. The molecule has 0 aromatic rings. The summed E-state index contributed by atoms with van der Waals surface area (Å²) in [5, 5.41) is 13.4. The summed E-state index contributed by atoms with van der Waals surface area (Å²) in [6.45, 7) is 12.7. The Bertz CT molecular complexity index is 780. The molecule has 0 unspecified atom stereocenters. The molecular weight excluding hydrogens is 378 g/mol. The Hall–Kier alpha value is -1.88. The second kappa shape index (κ2) is 8.70. The van der Waals surface area contributed by atoms with Gasteiger partial charge in [-0.3, -0.25) is 4.79 Å². The van der Waals surface area contributed by atoms with Gasteiger partial charge in [0.1, 0.15) is 0 Å². The van der Waals surface area contributed by atoms with Crippen LogP contribution < -0.4 is 5.32 Å². The van der Waals surface area contributed by atoms with Gasteiger partial charge < -0.3 is 15.2 Å². The van der Waals surface area contributed by atoms with Crippen molar-refractivity contribution < 1.29 is 19.4 Å². The highest BCUT2D eigenvalue weighted by Gasteiger charge is 2.64. The summed E-state index contributed by atoms with van der Waals surface area (Å²) in [4.78, 5) is 26.3. The van der Waals surface area contributed by atoms with E-state index >= 15 is 0 Å². The third-order valence-electron chi connectivity index (χ3n) is 7.02. The van der Waals surface area contributed by atoms with Crippen LogP contribution in [-0.2, 0) is 14.3 Å². The van der Waals surface area contributed by atoms with Gasteiger partial charge in [-0.05, 0) is 56.9 Å². The van der Waals surface area contributed by atoms with Crippen molar-refractivity contribution in [3.05, 3.63) is 35.5 Å². The van der Waals surface area contributed by atoms with Crippen molar-refractivity contribution in [3.63, 3.8) is 0 Å². The maximum atomic E-state index is 13.5. The second-order valence-corrected chi connectivity index (χ2v) is 10.2. The highest BCUT2D eigenvalue weighted by atomic mass is 16.6. The zero-order valence-electron chi connectivity index (χ0n) is 19.1. The largest absolute Gasteiger partial charge is 0.444 e. The first kappa shape index (κ1) is 22.8. The van der Waals surface area contributed by atoms with Gasteiger partial charge in [0.2, 0.25) is 5.60 Å². The van der Waals surface area contributed by atoms with Crippen LogP contribution in [0, 0.1) is 29.6 Å². The molecule has 0 bridgehead atoms. The lowest BCUT2D eigenvalue weighted by molar-refractivity contribution is -0.172. The molecule has 1 saturated heterocycles. The van der Waals surface area contributed by atoms with Crippen LogP contribution in [-0.4, -0.2) is 34.7 Å². The Balaban J connectivity index is 2.14. The van der Waals surface area contributed by atoms with E-state index in [1.807, 2.05) is 0 Å². The summed E-state index contributed by atoms with van der Waals surface area (Å²) in [7, 11) is 0. The molecule has 166 valence electrons. The van der Waals surface area contributed by atoms with E-state index in [1.54, 1.807) is 0 Å². The molecule has 2 aliphatic heterocycles. The Kier molecular flexibility index (Phi) is 6.61. The number of aliphatic hydroxyl groups is 1. The first-order valence-electron chi connectivity index (χ1n) is 11.3. The molecule has 3 rings (SSSR count). The monoisotopic (exact) mass is 415 g/mol. The van der Waals surface area contributed by atoms with E-state index in [0.29, 0.717) is 12.3 Å². The summed E-state index contributed by atoms with van der Waals surface area (Å²) < 4.78 is 6.07. The number of esters is 1. The van der Waals surface area contributed by atoms with E-state index in [1.165, 1.54) is 17.7 Å². The van der Waals surface area contributed by atoms with E-state index in [2.05, 4.69) is 59.0 Å². The molecule has 7 atom stereocenters. The zero-order chi connectivity index (χ0) is 22.2. The van der Waals surface area contributed by atoms with Crippen molar-refractivity contribution in [1.29, 1.82) is 0 Å². The van der Waals surface area contributed by atoms with Crippen molar-refractivity contribution in [1.82, 2.24) is 5.32 Å². The number of hydrogen-bond donors (Lipinski definition) is 2. The highest BCUT2D eigenvalue weighted by Crippen LogP contribution is 2.51. The first-order valence-corrected chi connectivity index (χ1v) is 11.3. The SMILES string of the molecule is CC1=C[C@H]2C=C(C)[C@@H](C)[C@H]3[C@H](CC(C)C)NC(=O)[C@@]23OC(=O)C=C[C@@H](O)C[C@@H](C)C1. The minimum Gasteiger partial charge on any atom is -0.444 e. The number of nitrogens with one attached hydrogen (secondary N) is 1. The number of hydrogen-bond acceptors (Lipinski definition) is 4. The van der Waals surface area contributed by atoms with Gasteiger partial charge in [-0.2, -0.15) is 0 Å². The highest BCUT2D eigenvalue weighted by molar-refractivity contribution is 5.94. The molecule has 0 radical (unpaired) electrons.